The first-order valence-corrected chi connectivity index (χ1v) is 6.22. The third-order valence-corrected chi connectivity index (χ3v) is 3.45. The molecule has 1 aromatic heterocycles. The third-order valence-electron chi connectivity index (χ3n) is 3.45. The van der Waals surface area contributed by atoms with Gasteiger partial charge in [0.25, 0.3) is 0 Å². The maximum Gasteiger partial charge on any atom is 0.131 e. The maximum atomic E-state index is 5.96. The number of aromatic nitrogens is 1. The van der Waals surface area contributed by atoms with Crippen LogP contribution in [0, 0.1) is 6.92 Å². The number of pyridine rings is 1. The van der Waals surface area contributed by atoms with Gasteiger partial charge in [0.1, 0.15) is 5.82 Å². The molecule has 2 N–H and O–H groups in total. The molecule has 0 bridgehead atoms. The molecule has 90 valence electrons. The molecule has 2 aromatic rings. The molecule has 0 saturated carbocycles. The standard InChI is InChI=1S/C15H20N2/c1-5-11-8-13-12(6-7-17-15(13)16)10(4)14(11)9(2)3/h6-9H,5H2,1-4H3,(H2,16,17). The van der Waals surface area contributed by atoms with Gasteiger partial charge < -0.3 is 5.73 Å². The Labute approximate surface area is 103 Å². The molecule has 0 radical (unpaired) electrons. The van der Waals surface area contributed by atoms with Gasteiger partial charge in [-0.15, -0.1) is 0 Å². The highest BCUT2D eigenvalue weighted by Crippen LogP contribution is 2.32. The van der Waals surface area contributed by atoms with Gasteiger partial charge in [0.2, 0.25) is 0 Å². The van der Waals surface area contributed by atoms with Crippen LogP contribution in [0.15, 0.2) is 18.3 Å². The maximum absolute atomic E-state index is 5.96. The summed E-state index contributed by atoms with van der Waals surface area (Å²) in [6.07, 6.45) is 2.83. The van der Waals surface area contributed by atoms with Crippen LogP contribution < -0.4 is 5.73 Å². The number of fused-ring (bicyclic) bond motifs is 1. The molecule has 1 heterocycles. The minimum Gasteiger partial charge on any atom is -0.383 e. The van der Waals surface area contributed by atoms with Crippen molar-refractivity contribution in [1.82, 2.24) is 4.98 Å². The molecule has 0 fully saturated rings. The van der Waals surface area contributed by atoms with Gasteiger partial charge in [-0.2, -0.15) is 0 Å². The van der Waals surface area contributed by atoms with Crippen molar-refractivity contribution in [1.29, 1.82) is 0 Å². The number of hydrogen-bond acceptors (Lipinski definition) is 2. The molecule has 0 atom stereocenters. The van der Waals surface area contributed by atoms with Crippen molar-refractivity contribution >= 4 is 16.6 Å². The van der Waals surface area contributed by atoms with Crippen molar-refractivity contribution < 1.29 is 0 Å². The number of anilines is 1. The summed E-state index contributed by atoms with van der Waals surface area (Å²) < 4.78 is 0. The minimum atomic E-state index is 0.545. The van der Waals surface area contributed by atoms with E-state index in [0.717, 1.165) is 11.8 Å². The first kappa shape index (κ1) is 11.9. The van der Waals surface area contributed by atoms with E-state index >= 15 is 0 Å². The van der Waals surface area contributed by atoms with Gasteiger partial charge in [-0.3, -0.25) is 0 Å². The van der Waals surface area contributed by atoms with E-state index in [4.69, 9.17) is 5.73 Å². The van der Waals surface area contributed by atoms with Gasteiger partial charge in [0, 0.05) is 11.6 Å². The van der Waals surface area contributed by atoms with E-state index in [1.165, 1.54) is 22.1 Å². The van der Waals surface area contributed by atoms with Gasteiger partial charge in [0.05, 0.1) is 0 Å². The Kier molecular flexibility index (Phi) is 3.05. The van der Waals surface area contributed by atoms with Crippen LogP contribution in [-0.4, -0.2) is 4.98 Å². The van der Waals surface area contributed by atoms with Crippen LogP contribution in [0.1, 0.15) is 43.4 Å². The van der Waals surface area contributed by atoms with Crippen LogP contribution in [0.5, 0.6) is 0 Å². The predicted molar refractivity (Wildman–Crippen MR) is 74.4 cm³/mol. The number of benzene rings is 1. The van der Waals surface area contributed by atoms with E-state index in [1.54, 1.807) is 6.20 Å². The van der Waals surface area contributed by atoms with Crippen molar-refractivity contribution in [2.24, 2.45) is 0 Å². The first-order valence-electron chi connectivity index (χ1n) is 6.22. The third kappa shape index (κ3) is 1.88. The molecule has 0 amide bonds. The summed E-state index contributed by atoms with van der Waals surface area (Å²) in [7, 11) is 0. The van der Waals surface area contributed by atoms with Crippen molar-refractivity contribution in [2.45, 2.75) is 40.0 Å². The molecular formula is C15H20N2. The minimum absolute atomic E-state index is 0.545. The lowest BCUT2D eigenvalue weighted by molar-refractivity contribution is 0.837. The second-order valence-electron chi connectivity index (χ2n) is 4.87. The van der Waals surface area contributed by atoms with Crippen molar-refractivity contribution in [3.05, 3.63) is 35.0 Å². The van der Waals surface area contributed by atoms with Crippen LogP contribution in [0.2, 0.25) is 0 Å². The highest BCUT2D eigenvalue weighted by Gasteiger charge is 2.13. The fourth-order valence-corrected chi connectivity index (χ4v) is 2.70. The molecule has 2 heteroatoms. The fraction of sp³-hybridized carbons (Fsp3) is 0.400. The first-order chi connectivity index (χ1) is 8.06. The monoisotopic (exact) mass is 228 g/mol. The van der Waals surface area contributed by atoms with Crippen LogP contribution in [0.25, 0.3) is 10.8 Å². The Morgan fingerprint density at radius 3 is 2.59 bits per heavy atom. The Morgan fingerprint density at radius 2 is 2.00 bits per heavy atom. The number of aryl methyl sites for hydroxylation is 2. The van der Waals surface area contributed by atoms with Crippen LogP contribution >= 0.6 is 0 Å². The number of hydrogen-bond donors (Lipinski definition) is 1. The SMILES string of the molecule is CCc1cc2c(N)nccc2c(C)c1C(C)C. The Bertz CT molecular complexity index is 556. The van der Waals surface area contributed by atoms with E-state index in [9.17, 15) is 0 Å². The molecule has 0 unspecified atom stereocenters. The summed E-state index contributed by atoms with van der Waals surface area (Å²) in [6.45, 7) is 8.88. The Balaban J connectivity index is 2.88. The largest absolute Gasteiger partial charge is 0.383 e. The molecule has 17 heavy (non-hydrogen) atoms. The highest BCUT2D eigenvalue weighted by atomic mass is 14.8. The van der Waals surface area contributed by atoms with Crippen LogP contribution in [-0.2, 0) is 6.42 Å². The molecule has 0 saturated heterocycles. The number of nitrogens with two attached hydrogens (primary N) is 1. The molecule has 1 aromatic carbocycles. The zero-order valence-electron chi connectivity index (χ0n) is 11.0. The highest BCUT2D eigenvalue weighted by molar-refractivity contribution is 5.94. The van der Waals surface area contributed by atoms with E-state index in [1.807, 2.05) is 0 Å². The molecule has 2 nitrogen and oxygen atoms in total. The zero-order valence-corrected chi connectivity index (χ0v) is 11.0. The van der Waals surface area contributed by atoms with Crippen LogP contribution in [0.3, 0.4) is 0 Å². The smallest absolute Gasteiger partial charge is 0.131 e. The van der Waals surface area contributed by atoms with Crippen molar-refractivity contribution in [2.75, 3.05) is 5.73 Å². The van der Waals surface area contributed by atoms with Crippen molar-refractivity contribution in [3.8, 4) is 0 Å². The number of nitrogens with zero attached hydrogens (tertiary/aromatic N) is 1. The van der Waals surface area contributed by atoms with Gasteiger partial charge in [-0.05, 0) is 53.5 Å². The summed E-state index contributed by atoms with van der Waals surface area (Å²) in [5.74, 6) is 1.18. The number of nitrogen functional groups attached to an aromatic ring is 1. The van der Waals surface area contributed by atoms with Crippen molar-refractivity contribution in [3.63, 3.8) is 0 Å². The molecule has 0 aliphatic heterocycles. The Hall–Kier alpha value is -1.57. The summed E-state index contributed by atoms with van der Waals surface area (Å²) in [6, 6.07) is 4.27. The van der Waals surface area contributed by atoms with Gasteiger partial charge in [0.15, 0.2) is 0 Å². The Morgan fingerprint density at radius 1 is 1.29 bits per heavy atom. The van der Waals surface area contributed by atoms with E-state index in [0.29, 0.717) is 11.7 Å². The van der Waals surface area contributed by atoms with E-state index in [2.05, 4.69) is 44.8 Å². The molecule has 0 spiro atoms. The normalized spacial score (nSPS) is 11.4. The zero-order chi connectivity index (χ0) is 12.6. The molecule has 2 rings (SSSR count). The lowest BCUT2D eigenvalue weighted by Crippen LogP contribution is -2.02. The lowest BCUT2D eigenvalue weighted by Gasteiger charge is -2.18. The molecule has 0 aliphatic carbocycles. The van der Waals surface area contributed by atoms with Crippen LogP contribution in [0.4, 0.5) is 5.82 Å². The second-order valence-corrected chi connectivity index (χ2v) is 4.87. The summed E-state index contributed by atoms with van der Waals surface area (Å²) in [5.41, 5.74) is 10.2. The van der Waals surface area contributed by atoms with Gasteiger partial charge in [-0.1, -0.05) is 20.8 Å². The number of rotatable bonds is 2. The summed E-state index contributed by atoms with van der Waals surface area (Å²) >= 11 is 0. The van der Waals surface area contributed by atoms with Gasteiger partial charge in [-0.25, -0.2) is 4.98 Å². The summed E-state index contributed by atoms with van der Waals surface area (Å²) in [5, 5.41) is 2.32. The fourth-order valence-electron chi connectivity index (χ4n) is 2.70. The molecule has 0 aliphatic rings. The summed E-state index contributed by atoms with van der Waals surface area (Å²) in [4.78, 5) is 4.18. The quantitative estimate of drug-likeness (QED) is 0.848. The predicted octanol–water partition coefficient (Wildman–Crippen LogP) is 3.81. The molecular weight excluding hydrogens is 208 g/mol. The topological polar surface area (TPSA) is 38.9 Å². The van der Waals surface area contributed by atoms with Gasteiger partial charge >= 0.3 is 0 Å². The second kappa shape index (κ2) is 4.36. The average Bonchev–Trinajstić information content (AvgIpc) is 2.29. The average molecular weight is 228 g/mol. The van der Waals surface area contributed by atoms with E-state index < -0.39 is 0 Å². The van der Waals surface area contributed by atoms with E-state index in [-0.39, 0.29) is 0 Å². The lowest BCUT2D eigenvalue weighted by atomic mass is 9.88.